The molecule has 0 N–H and O–H groups in total. The third-order valence-electron chi connectivity index (χ3n) is 4.10. The number of thiophene rings is 1. The van der Waals surface area contributed by atoms with Gasteiger partial charge in [-0.3, -0.25) is 0 Å². The minimum atomic E-state index is 0.944. The van der Waals surface area contributed by atoms with Crippen molar-refractivity contribution < 1.29 is 0 Å². The first kappa shape index (κ1) is 18.4. The molecule has 0 unspecified atom stereocenters. The Morgan fingerprint density at radius 3 is 2.57 bits per heavy atom. The van der Waals surface area contributed by atoms with Gasteiger partial charge in [0.1, 0.15) is 0 Å². The summed E-state index contributed by atoms with van der Waals surface area (Å²) in [6, 6.07) is 2.37. The van der Waals surface area contributed by atoms with Crippen molar-refractivity contribution in [3.8, 4) is 0 Å². The van der Waals surface area contributed by atoms with Crippen LogP contribution >= 0.6 is 11.3 Å². The molecule has 1 nitrogen and oxygen atoms in total. The molecule has 2 heteroatoms. The van der Waals surface area contributed by atoms with Crippen LogP contribution in [0, 0.1) is 12.8 Å². The lowest BCUT2D eigenvalue weighted by molar-refractivity contribution is 0.191. The summed E-state index contributed by atoms with van der Waals surface area (Å²) in [4.78, 5) is 5.63. The molecule has 0 radical (unpaired) electrons. The van der Waals surface area contributed by atoms with E-state index in [4.69, 9.17) is 0 Å². The predicted octanol–water partition coefficient (Wildman–Crippen LogP) is 5.78. The van der Waals surface area contributed by atoms with Gasteiger partial charge < -0.3 is 4.90 Å². The van der Waals surface area contributed by atoms with Gasteiger partial charge in [0.2, 0.25) is 0 Å². The molecule has 1 aromatic heterocycles. The molecule has 0 atom stereocenters. The molecule has 2 heterocycles. The van der Waals surface area contributed by atoms with Gasteiger partial charge in [-0.05, 0) is 82.8 Å². The highest BCUT2D eigenvalue weighted by Crippen LogP contribution is 2.24. The van der Waals surface area contributed by atoms with Crippen LogP contribution < -0.4 is 0 Å². The van der Waals surface area contributed by atoms with E-state index in [-0.39, 0.29) is 0 Å². The van der Waals surface area contributed by atoms with Crippen LogP contribution in [-0.2, 0) is 6.42 Å². The molecule has 1 saturated heterocycles. The summed E-state index contributed by atoms with van der Waals surface area (Å²) in [6.07, 6.45) is 9.71. The molecule has 120 valence electrons. The number of hydrogen-bond donors (Lipinski definition) is 0. The van der Waals surface area contributed by atoms with Crippen LogP contribution in [0.1, 0.15) is 62.3 Å². The van der Waals surface area contributed by atoms with E-state index in [1.165, 1.54) is 55.8 Å². The number of likely N-dealkylation sites (tertiary alicyclic amines) is 1. The van der Waals surface area contributed by atoms with Crippen LogP contribution in [-0.4, -0.2) is 24.5 Å². The highest BCUT2D eigenvalue weighted by molar-refractivity contribution is 7.13. The van der Waals surface area contributed by atoms with Gasteiger partial charge in [-0.25, -0.2) is 0 Å². The fourth-order valence-corrected chi connectivity index (χ4v) is 3.96. The standard InChI is InChI=1S/C17H27NS.C2H6/c1-4-6-17-15(3)13-16(19-17)7-5-10-18-11-8-14(2)9-12-18;1-2/h4,6,13-14H,5,7-12H2,1-3H3;1-2H3/b6-4-;. The van der Waals surface area contributed by atoms with Crippen LogP contribution in [0.4, 0.5) is 0 Å². The summed E-state index contributed by atoms with van der Waals surface area (Å²) in [7, 11) is 0. The fourth-order valence-electron chi connectivity index (χ4n) is 2.77. The largest absolute Gasteiger partial charge is 0.303 e. The number of rotatable bonds is 5. The normalized spacial score (nSPS) is 17.0. The summed E-state index contributed by atoms with van der Waals surface area (Å²) in [6.45, 7) is 14.6. The van der Waals surface area contributed by atoms with Crippen molar-refractivity contribution in [2.45, 2.75) is 60.3 Å². The molecule has 0 spiro atoms. The summed E-state index contributed by atoms with van der Waals surface area (Å²) < 4.78 is 0. The summed E-state index contributed by atoms with van der Waals surface area (Å²) in [5.74, 6) is 0.944. The predicted molar refractivity (Wildman–Crippen MR) is 98.3 cm³/mol. The van der Waals surface area contributed by atoms with Gasteiger partial charge in [-0.15, -0.1) is 11.3 Å². The van der Waals surface area contributed by atoms with E-state index in [0.29, 0.717) is 0 Å². The van der Waals surface area contributed by atoms with E-state index >= 15 is 0 Å². The highest BCUT2D eigenvalue weighted by Gasteiger charge is 2.15. The van der Waals surface area contributed by atoms with E-state index in [1.807, 2.05) is 25.2 Å². The maximum atomic E-state index is 2.65. The average molecular weight is 308 g/mol. The maximum absolute atomic E-state index is 2.65. The van der Waals surface area contributed by atoms with E-state index in [0.717, 1.165) is 5.92 Å². The first-order valence-corrected chi connectivity index (χ1v) is 9.45. The molecule has 2 rings (SSSR count). The van der Waals surface area contributed by atoms with Gasteiger partial charge in [0.25, 0.3) is 0 Å². The number of nitrogens with zero attached hydrogens (tertiary/aromatic N) is 1. The van der Waals surface area contributed by atoms with Crippen molar-refractivity contribution >= 4 is 17.4 Å². The third kappa shape index (κ3) is 6.36. The van der Waals surface area contributed by atoms with Gasteiger partial charge >= 0.3 is 0 Å². The Morgan fingerprint density at radius 1 is 1.29 bits per heavy atom. The average Bonchev–Trinajstić information content (AvgIpc) is 2.84. The molecular formula is C19H33NS. The SMILES string of the molecule is C/C=C\c1sc(CCCN2CCC(C)CC2)cc1C.CC. The Morgan fingerprint density at radius 2 is 1.95 bits per heavy atom. The Kier molecular flexibility index (Phi) is 8.94. The monoisotopic (exact) mass is 307 g/mol. The second-order valence-electron chi connectivity index (χ2n) is 5.89. The van der Waals surface area contributed by atoms with Gasteiger partial charge in [-0.1, -0.05) is 26.8 Å². The minimum Gasteiger partial charge on any atom is -0.303 e. The van der Waals surface area contributed by atoms with Crippen LogP contribution in [0.5, 0.6) is 0 Å². The van der Waals surface area contributed by atoms with Crippen LogP contribution in [0.25, 0.3) is 6.08 Å². The van der Waals surface area contributed by atoms with E-state index in [2.05, 4.69) is 43.9 Å². The van der Waals surface area contributed by atoms with Crippen LogP contribution in [0.3, 0.4) is 0 Å². The van der Waals surface area contributed by atoms with Gasteiger partial charge in [0.15, 0.2) is 0 Å². The van der Waals surface area contributed by atoms with E-state index in [9.17, 15) is 0 Å². The van der Waals surface area contributed by atoms with Crippen molar-refractivity contribution in [1.29, 1.82) is 0 Å². The molecule has 0 aromatic carbocycles. The van der Waals surface area contributed by atoms with Crippen molar-refractivity contribution in [2.24, 2.45) is 5.92 Å². The Labute approximate surface area is 136 Å². The highest BCUT2D eigenvalue weighted by atomic mass is 32.1. The van der Waals surface area contributed by atoms with Crippen molar-refractivity contribution in [1.82, 2.24) is 4.90 Å². The molecule has 0 amide bonds. The molecular weight excluding hydrogens is 274 g/mol. The second-order valence-corrected chi connectivity index (χ2v) is 7.06. The Hall–Kier alpha value is -0.600. The number of piperidine rings is 1. The topological polar surface area (TPSA) is 3.24 Å². The minimum absolute atomic E-state index is 0.944. The van der Waals surface area contributed by atoms with Gasteiger partial charge in [0, 0.05) is 9.75 Å². The lowest BCUT2D eigenvalue weighted by atomic mass is 9.99. The maximum Gasteiger partial charge on any atom is 0.0299 e. The molecule has 21 heavy (non-hydrogen) atoms. The van der Waals surface area contributed by atoms with Crippen molar-refractivity contribution in [2.75, 3.05) is 19.6 Å². The summed E-state index contributed by atoms with van der Waals surface area (Å²) in [5.41, 5.74) is 1.44. The third-order valence-corrected chi connectivity index (χ3v) is 5.36. The lowest BCUT2D eigenvalue weighted by Crippen LogP contribution is -2.33. The molecule has 1 aliphatic heterocycles. The zero-order valence-corrected chi connectivity index (χ0v) is 15.4. The summed E-state index contributed by atoms with van der Waals surface area (Å²) in [5, 5.41) is 0. The molecule has 0 aliphatic carbocycles. The van der Waals surface area contributed by atoms with Crippen molar-refractivity contribution in [3.05, 3.63) is 27.5 Å². The zero-order valence-electron chi connectivity index (χ0n) is 14.6. The van der Waals surface area contributed by atoms with Crippen LogP contribution in [0.2, 0.25) is 0 Å². The number of hydrogen-bond acceptors (Lipinski definition) is 2. The quantitative estimate of drug-likeness (QED) is 0.666. The first-order chi connectivity index (χ1) is 10.2. The van der Waals surface area contributed by atoms with E-state index in [1.54, 1.807) is 4.88 Å². The molecule has 1 aliphatic rings. The summed E-state index contributed by atoms with van der Waals surface area (Å²) >= 11 is 1.97. The first-order valence-electron chi connectivity index (χ1n) is 8.63. The van der Waals surface area contributed by atoms with Gasteiger partial charge in [0.05, 0.1) is 0 Å². The van der Waals surface area contributed by atoms with Gasteiger partial charge in [-0.2, -0.15) is 0 Å². The molecule has 0 bridgehead atoms. The van der Waals surface area contributed by atoms with Crippen molar-refractivity contribution in [3.63, 3.8) is 0 Å². The fraction of sp³-hybridized carbons (Fsp3) is 0.684. The molecule has 1 aromatic rings. The molecule has 0 saturated carbocycles. The smallest absolute Gasteiger partial charge is 0.0299 e. The number of allylic oxidation sites excluding steroid dienone is 1. The van der Waals surface area contributed by atoms with E-state index < -0.39 is 0 Å². The van der Waals surface area contributed by atoms with Crippen LogP contribution in [0.15, 0.2) is 12.1 Å². The molecule has 1 fully saturated rings. The number of aryl methyl sites for hydroxylation is 2. The second kappa shape index (κ2) is 10.2. The zero-order chi connectivity index (χ0) is 15.7. The lowest BCUT2D eigenvalue weighted by Gasteiger charge is -2.30. The Balaban J connectivity index is 0.00000106. The Bertz CT molecular complexity index is 411.